The van der Waals surface area contributed by atoms with Crippen LogP contribution in [0.1, 0.15) is 40.0 Å². The average Bonchev–Trinajstić information content (AvgIpc) is 2.33. The molecule has 1 N–H and O–H groups in total. The van der Waals surface area contributed by atoms with E-state index in [1.54, 1.807) is 0 Å². The third kappa shape index (κ3) is 4.27. The highest BCUT2D eigenvalue weighted by Crippen LogP contribution is 2.12. The van der Waals surface area contributed by atoms with Gasteiger partial charge in [-0.15, -0.1) is 0 Å². The molecule has 1 amide bonds. The highest BCUT2D eigenvalue weighted by atomic mass is 16.5. The minimum Gasteiger partial charge on any atom is -0.376 e. The van der Waals surface area contributed by atoms with Gasteiger partial charge in [0.05, 0.1) is 5.60 Å². The van der Waals surface area contributed by atoms with Gasteiger partial charge in [0.25, 0.3) is 0 Å². The molecule has 1 rings (SSSR count). The summed E-state index contributed by atoms with van der Waals surface area (Å²) in [6.45, 7) is 6.86. The molecule has 0 radical (unpaired) electrons. The van der Waals surface area contributed by atoms with E-state index in [0.717, 1.165) is 19.4 Å². The van der Waals surface area contributed by atoms with Crippen molar-refractivity contribution >= 4 is 5.91 Å². The molecule has 0 aromatic heterocycles. The van der Waals surface area contributed by atoms with Crippen molar-refractivity contribution in [2.24, 2.45) is 0 Å². The molecule has 0 unspecified atom stereocenters. The predicted octanol–water partition coefficient (Wildman–Crippen LogP) is 1.47. The van der Waals surface area contributed by atoms with Gasteiger partial charge in [-0.25, -0.2) is 0 Å². The molecule has 1 fully saturated rings. The zero-order chi connectivity index (χ0) is 9.90. The molecule has 76 valence electrons. The maximum Gasteiger partial charge on any atom is 0.220 e. The summed E-state index contributed by atoms with van der Waals surface area (Å²) in [6.07, 6.45) is 2.58. The van der Waals surface area contributed by atoms with E-state index < -0.39 is 0 Å². The summed E-state index contributed by atoms with van der Waals surface area (Å²) < 4.78 is 5.58. The van der Waals surface area contributed by atoms with Gasteiger partial charge in [0, 0.05) is 19.1 Å². The Hall–Kier alpha value is -0.570. The van der Waals surface area contributed by atoms with E-state index in [1.807, 2.05) is 20.8 Å². The van der Waals surface area contributed by atoms with Crippen molar-refractivity contribution in [1.82, 2.24) is 5.32 Å². The average molecular weight is 185 g/mol. The topological polar surface area (TPSA) is 38.3 Å². The van der Waals surface area contributed by atoms with Crippen LogP contribution in [-0.4, -0.2) is 24.2 Å². The first-order valence-corrected chi connectivity index (χ1v) is 4.91. The van der Waals surface area contributed by atoms with Crippen LogP contribution in [0.2, 0.25) is 0 Å². The summed E-state index contributed by atoms with van der Waals surface area (Å²) in [5.41, 5.74) is -0.0669. The lowest BCUT2D eigenvalue weighted by Gasteiger charge is -2.20. The van der Waals surface area contributed by atoms with Crippen LogP contribution in [0.3, 0.4) is 0 Å². The molecule has 13 heavy (non-hydrogen) atoms. The minimum atomic E-state index is -0.0669. The van der Waals surface area contributed by atoms with Gasteiger partial charge < -0.3 is 10.1 Å². The summed E-state index contributed by atoms with van der Waals surface area (Å²) in [6, 6.07) is 0.342. The number of amides is 1. The molecular weight excluding hydrogens is 166 g/mol. The third-order valence-electron chi connectivity index (χ3n) is 2.09. The largest absolute Gasteiger partial charge is 0.376 e. The second kappa shape index (κ2) is 4.09. The zero-order valence-electron chi connectivity index (χ0n) is 8.72. The Kier molecular flexibility index (Phi) is 3.31. The highest BCUT2D eigenvalue weighted by molar-refractivity contribution is 5.78. The van der Waals surface area contributed by atoms with Crippen molar-refractivity contribution in [3.63, 3.8) is 0 Å². The van der Waals surface area contributed by atoms with Crippen LogP contribution in [0.25, 0.3) is 0 Å². The summed E-state index contributed by atoms with van der Waals surface area (Å²) in [4.78, 5) is 10.9. The number of carbonyl (C=O) groups excluding carboxylic acids is 1. The number of rotatable bonds is 3. The van der Waals surface area contributed by atoms with Crippen molar-refractivity contribution in [3.8, 4) is 0 Å². The lowest BCUT2D eigenvalue weighted by molar-refractivity contribution is -0.119. The molecule has 0 aromatic rings. The first kappa shape index (κ1) is 10.5. The second-order valence-corrected chi connectivity index (χ2v) is 4.55. The normalized spacial score (nSPS) is 23.3. The third-order valence-corrected chi connectivity index (χ3v) is 2.09. The van der Waals surface area contributed by atoms with Gasteiger partial charge in [0.1, 0.15) is 0 Å². The number of nitrogens with one attached hydrogen (secondary N) is 1. The van der Waals surface area contributed by atoms with Crippen LogP contribution < -0.4 is 5.32 Å². The number of ether oxygens (including phenoxy) is 1. The van der Waals surface area contributed by atoms with Crippen LogP contribution >= 0.6 is 0 Å². The Bertz CT molecular complexity index is 184. The monoisotopic (exact) mass is 185 g/mol. The first-order chi connectivity index (χ1) is 5.97. The van der Waals surface area contributed by atoms with Crippen molar-refractivity contribution in [1.29, 1.82) is 0 Å². The van der Waals surface area contributed by atoms with Crippen LogP contribution in [0, 0.1) is 0 Å². The molecule has 0 aromatic carbocycles. The molecule has 0 aliphatic carbocycles. The van der Waals surface area contributed by atoms with Gasteiger partial charge in [-0.2, -0.15) is 0 Å². The van der Waals surface area contributed by atoms with Gasteiger partial charge >= 0.3 is 0 Å². The molecule has 0 spiro atoms. The Labute approximate surface area is 79.8 Å². The summed E-state index contributed by atoms with van der Waals surface area (Å²) >= 11 is 0. The van der Waals surface area contributed by atoms with Crippen LogP contribution in [0.5, 0.6) is 0 Å². The maximum atomic E-state index is 10.9. The van der Waals surface area contributed by atoms with E-state index in [1.165, 1.54) is 0 Å². The molecule has 3 nitrogen and oxygen atoms in total. The molecule has 1 heterocycles. The van der Waals surface area contributed by atoms with Crippen molar-refractivity contribution in [2.75, 3.05) is 6.61 Å². The maximum absolute atomic E-state index is 10.9. The molecule has 1 atom stereocenters. The summed E-state index contributed by atoms with van der Waals surface area (Å²) in [5, 5.41) is 2.92. The molecular formula is C10H19NO2. The van der Waals surface area contributed by atoms with E-state index in [4.69, 9.17) is 4.74 Å². The van der Waals surface area contributed by atoms with E-state index >= 15 is 0 Å². The first-order valence-electron chi connectivity index (χ1n) is 4.91. The molecule has 0 bridgehead atoms. The standard InChI is InChI=1S/C10H19NO2/c1-10(2,3)13-7-6-8-4-5-9(12)11-8/h8H,4-7H2,1-3H3,(H,11,12)/t8-/m0/s1. The van der Waals surface area contributed by atoms with Gasteiger partial charge in [-0.05, 0) is 33.6 Å². The Morgan fingerprint density at radius 2 is 2.23 bits per heavy atom. The lowest BCUT2D eigenvalue weighted by atomic mass is 10.1. The Morgan fingerprint density at radius 1 is 1.54 bits per heavy atom. The van der Waals surface area contributed by atoms with Gasteiger partial charge in [0.15, 0.2) is 0 Å². The molecule has 3 heteroatoms. The fourth-order valence-corrected chi connectivity index (χ4v) is 1.40. The van der Waals surface area contributed by atoms with Gasteiger partial charge in [-0.1, -0.05) is 0 Å². The number of carbonyl (C=O) groups is 1. The van der Waals surface area contributed by atoms with Gasteiger partial charge in [-0.3, -0.25) is 4.79 Å². The van der Waals surface area contributed by atoms with Crippen molar-refractivity contribution in [2.45, 2.75) is 51.7 Å². The van der Waals surface area contributed by atoms with E-state index in [0.29, 0.717) is 12.5 Å². The predicted molar refractivity (Wildman–Crippen MR) is 51.5 cm³/mol. The molecule has 0 saturated carbocycles. The zero-order valence-corrected chi connectivity index (χ0v) is 8.72. The fourth-order valence-electron chi connectivity index (χ4n) is 1.40. The van der Waals surface area contributed by atoms with Crippen LogP contribution in [0.4, 0.5) is 0 Å². The van der Waals surface area contributed by atoms with E-state index in [2.05, 4.69) is 5.32 Å². The smallest absolute Gasteiger partial charge is 0.220 e. The quantitative estimate of drug-likeness (QED) is 0.723. The van der Waals surface area contributed by atoms with E-state index in [-0.39, 0.29) is 11.5 Å². The Balaban J connectivity index is 2.10. The Morgan fingerprint density at radius 3 is 2.69 bits per heavy atom. The molecule has 1 aliphatic heterocycles. The van der Waals surface area contributed by atoms with Crippen LogP contribution in [0.15, 0.2) is 0 Å². The SMILES string of the molecule is CC(C)(C)OCC[C@@H]1CCC(=O)N1. The molecule has 1 aliphatic rings. The lowest BCUT2D eigenvalue weighted by Crippen LogP contribution is -2.28. The highest BCUT2D eigenvalue weighted by Gasteiger charge is 2.20. The fraction of sp³-hybridized carbons (Fsp3) is 0.900. The second-order valence-electron chi connectivity index (χ2n) is 4.55. The van der Waals surface area contributed by atoms with Crippen LogP contribution in [-0.2, 0) is 9.53 Å². The van der Waals surface area contributed by atoms with Gasteiger partial charge in [0.2, 0.25) is 5.91 Å². The minimum absolute atomic E-state index is 0.0669. The summed E-state index contributed by atoms with van der Waals surface area (Å²) in [7, 11) is 0. The number of hydrogen-bond donors (Lipinski definition) is 1. The summed E-state index contributed by atoms with van der Waals surface area (Å²) in [5.74, 6) is 0.181. The number of hydrogen-bond acceptors (Lipinski definition) is 2. The van der Waals surface area contributed by atoms with Crippen molar-refractivity contribution in [3.05, 3.63) is 0 Å². The van der Waals surface area contributed by atoms with Crippen molar-refractivity contribution < 1.29 is 9.53 Å². The molecule has 1 saturated heterocycles. The van der Waals surface area contributed by atoms with E-state index in [9.17, 15) is 4.79 Å².